The van der Waals surface area contributed by atoms with Gasteiger partial charge in [-0.05, 0) is 44.7 Å². The minimum absolute atomic E-state index is 0.0195. The molecule has 14 heteroatoms. The molecule has 1 aliphatic rings. The Morgan fingerprint density at radius 1 is 1.18 bits per heavy atom. The minimum atomic E-state index is -0.979. The van der Waals surface area contributed by atoms with Crippen LogP contribution in [0.2, 0.25) is 0 Å². The van der Waals surface area contributed by atoms with E-state index in [1.807, 2.05) is 6.92 Å². The molecule has 1 unspecified atom stereocenters. The predicted octanol–water partition coefficient (Wildman–Crippen LogP) is 5.03. The van der Waals surface area contributed by atoms with Gasteiger partial charge in [0.25, 0.3) is 5.91 Å². The Hall–Kier alpha value is -3.28. The van der Waals surface area contributed by atoms with E-state index in [2.05, 4.69) is 25.5 Å². The van der Waals surface area contributed by atoms with E-state index in [1.54, 1.807) is 33.3 Å². The number of aromatic nitrogens is 6. The van der Waals surface area contributed by atoms with Gasteiger partial charge in [-0.1, -0.05) is 0 Å². The molecule has 0 spiro atoms. The molecule has 0 saturated heterocycles. The number of thiazole rings is 1. The van der Waals surface area contributed by atoms with Crippen molar-refractivity contribution in [2.75, 3.05) is 11.9 Å². The molecule has 0 aliphatic heterocycles. The average molecular weight is 562 g/mol. The Balaban J connectivity index is 1.41. The molecule has 1 aliphatic carbocycles. The van der Waals surface area contributed by atoms with Crippen LogP contribution < -0.4 is 5.32 Å². The second-order valence-corrected chi connectivity index (χ2v) is 10.4. The highest BCUT2D eigenvalue weighted by Crippen LogP contribution is 2.34. The number of halogens is 2. The third-order valence-corrected chi connectivity index (χ3v) is 7.73. The van der Waals surface area contributed by atoms with E-state index < -0.39 is 26.1 Å². The Kier molecular flexibility index (Phi) is 8.06. The maximum absolute atomic E-state index is 14.7. The van der Waals surface area contributed by atoms with Crippen LogP contribution in [0.3, 0.4) is 0 Å². The summed E-state index contributed by atoms with van der Waals surface area (Å²) in [6.45, 7) is 2.62. The number of hydrogen-bond acceptors (Lipinski definition) is 8. The van der Waals surface area contributed by atoms with Crippen LogP contribution in [0.4, 0.5) is 14.5 Å². The fourth-order valence-electron chi connectivity index (χ4n) is 4.49. The minimum Gasteiger partial charge on any atom is -0.379 e. The van der Waals surface area contributed by atoms with Crippen molar-refractivity contribution in [1.82, 2.24) is 29.5 Å². The van der Waals surface area contributed by atoms with Crippen molar-refractivity contribution >= 4 is 31.4 Å². The summed E-state index contributed by atoms with van der Waals surface area (Å²) < 4.78 is 48.5. The monoisotopic (exact) mass is 561 g/mol. The van der Waals surface area contributed by atoms with Crippen LogP contribution in [0.15, 0.2) is 36.1 Å². The van der Waals surface area contributed by atoms with Gasteiger partial charge < -0.3 is 14.6 Å². The summed E-state index contributed by atoms with van der Waals surface area (Å²) in [6, 6.07) is 1.93. The third kappa shape index (κ3) is 5.74. The summed E-state index contributed by atoms with van der Waals surface area (Å²) in [4.78, 5) is 21.2. The van der Waals surface area contributed by atoms with Crippen LogP contribution in [0.1, 0.15) is 49.1 Å². The fourth-order valence-corrected chi connectivity index (χ4v) is 5.62. The second-order valence-electron chi connectivity index (χ2n) is 8.83. The third-order valence-electron chi connectivity index (χ3n) is 6.32. The maximum atomic E-state index is 14.7. The van der Waals surface area contributed by atoms with Crippen molar-refractivity contribution in [1.29, 1.82) is 0 Å². The van der Waals surface area contributed by atoms with E-state index in [-0.39, 0.29) is 34.9 Å². The quantitative estimate of drug-likeness (QED) is 0.225. The molecule has 1 amide bonds. The van der Waals surface area contributed by atoms with Crippen molar-refractivity contribution < 1.29 is 22.9 Å². The summed E-state index contributed by atoms with van der Waals surface area (Å²) in [5.74, 6) is -2.13. The second kappa shape index (κ2) is 11.6. The topological polar surface area (TPSA) is 117 Å². The van der Waals surface area contributed by atoms with Gasteiger partial charge in [-0.3, -0.25) is 14.2 Å². The number of pyridine rings is 1. The van der Waals surface area contributed by atoms with Crippen LogP contribution in [0.25, 0.3) is 22.0 Å². The molecule has 4 aromatic rings. The first-order chi connectivity index (χ1) is 18.4. The molecule has 1 fully saturated rings. The first kappa shape index (κ1) is 26.3. The number of ether oxygens (including phenoxy) is 1. The number of amides is 1. The van der Waals surface area contributed by atoms with Crippen molar-refractivity contribution in [2.24, 2.45) is 0 Å². The van der Waals surface area contributed by atoms with Gasteiger partial charge >= 0.3 is 0 Å². The molecule has 1 saturated carbocycles. The molecule has 4 aromatic heterocycles. The van der Waals surface area contributed by atoms with Gasteiger partial charge in [0.15, 0.2) is 5.82 Å². The zero-order valence-electron chi connectivity index (χ0n) is 20.5. The van der Waals surface area contributed by atoms with Crippen molar-refractivity contribution in [3.05, 3.63) is 53.6 Å². The molecule has 0 aromatic carbocycles. The average Bonchev–Trinajstić information content (AvgIpc) is 3.66. The number of anilines is 1. The van der Waals surface area contributed by atoms with Crippen LogP contribution >= 0.6 is 19.8 Å². The van der Waals surface area contributed by atoms with Crippen molar-refractivity contribution in [3.63, 3.8) is 0 Å². The maximum Gasteiger partial charge on any atom is 0.275 e. The molecule has 5 rings (SSSR count). The lowest BCUT2D eigenvalue weighted by molar-refractivity contribution is 0.0260. The first-order valence-electron chi connectivity index (χ1n) is 12.2. The highest BCUT2D eigenvalue weighted by Gasteiger charge is 2.27. The van der Waals surface area contributed by atoms with E-state index in [9.17, 15) is 18.1 Å². The molecule has 0 bridgehead atoms. The number of nitrogens with one attached hydrogen (secondary N) is 1. The summed E-state index contributed by atoms with van der Waals surface area (Å²) >= 11 is 1.26. The standard InChI is InChI=1S/C24H26F2N7O3PS/c1-2-36-16-5-3-15(4-6-16)33-11-18(22(31-33)21-17(25)7-8-20(26)30-21)28-23(34)19-12-38-24(29-19)14-9-27-32(10-14)13-37-35/h7-12,15-16H,2-6,13,37H2,1H3,(H,28,34). The van der Waals surface area contributed by atoms with E-state index in [1.165, 1.54) is 11.3 Å². The Morgan fingerprint density at radius 2 is 2.00 bits per heavy atom. The summed E-state index contributed by atoms with van der Waals surface area (Å²) in [6.07, 6.45) is 8.77. The van der Waals surface area contributed by atoms with Crippen LogP contribution in [-0.2, 0) is 15.6 Å². The fraction of sp³-hybridized carbons (Fsp3) is 0.375. The number of hydrogen-bond donors (Lipinski definition) is 1. The molecule has 10 nitrogen and oxygen atoms in total. The van der Waals surface area contributed by atoms with Crippen LogP contribution in [0.5, 0.6) is 0 Å². The number of nitrogens with zero attached hydrogens (tertiary/aromatic N) is 6. The van der Waals surface area contributed by atoms with Crippen LogP contribution in [0, 0.1) is 11.8 Å². The predicted molar refractivity (Wildman–Crippen MR) is 140 cm³/mol. The van der Waals surface area contributed by atoms with Crippen LogP contribution in [-0.4, -0.2) is 48.1 Å². The Bertz CT molecular complexity index is 1450. The van der Waals surface area contributed by atoms with Crippen molar-refractivity contribution in [2.45, 2.75) is 51.0 Å². The molecule has 1 N–H and O–H groups in total. The number of rotatable bonds is 9. The lowest BCUT2D eigenvalue weighted by Crippen LogP contribution is -2.24. The molecule has 0 radical (unpaired) electrons. The molecule has 200 valence electrons. The number of carbonyl (C=O) groups is 1. The zero-order valence-corrected chi connectivity index (χ0v) is 22.5. The first-order valence-corrected chi connectivity index (χ1v) is 14.4. The Morgan fingerprint density at radius 3 is 2.76 bits per heavy atom. The van der Waals surface area contributed by atoms with E-state index in [0.29, 0.717) is 23.5 Å². The smallest absolute Gasteiger partial charge is 0.275 e. The summed E-state index contributed by atoms with van der Waals surface area (Å²) in [5.41, 5.74) is 0.813. The highest BCUT2D eigenvalue weighted by molar-refractivity contribution is 7.22. The van der Waals surface area contributed by atoms with Gasteiger partial charge in [-0.2, -0.15) is 14.6 Å². The van der Waals surface area contributed by atoms with Gasteiger partial charge in [-0.25, -0.2) is 14.4 Å². The molecule has 1 atom stereocenters. The summed E-state index contributed by atoms with van der Waals surface area (Å²) in [7, 11) is -0.979. The SMILES string of the molecule is CCOC1CCC(n2cc(NC(=O)c3csc(-c4cnn(C[PH2]=O)c4)n3)c(-c3nc(F)ccc3F)n2)CC1. The van der Waals surface area contributed by atoms with Crippen molar-refractivity contribution in [3.8, 4) is 22.0 Å². The van der Waals surface area contributed by atoms with E-state index in [4.69, 9.17) is 4.74 Å². The van der Waals surface area contributed by atoms with Gasteiger partial charge in [-0.15, -0.1) is 11.3 Å². The van der Waals surface area contributed by atoms with E-state index >= 15 is 0 Å². The lowest BCUT2D eigenvalue weighted by Gasteiger charge is -2.28. The lowest BCUT2D eigenvalue weighted by atomic mass is 9.93. The van der Waals surface area contributed by atoms with Gasteiger partial charge in [0.1, 0.15) is 22.1 Å². The molecule has 38 heavy (non-hydrogen) atoms. The molecular weight excluding hydrogens is 535 g/mol. The van der Waals surface area contributed by atoms with Gasteiger partial charge in [0, 0.05) is 29.9 Å². The van der Waals surface area contributed by atoms with Gasteiger partial charge in [0.2, 0.25) is 5.95 Å². The van der Waals surface area contributed by atoms with E-state index in [0.717, 1.165) is 37.8 Å². The zero-order chi connectivity index (χ0) is 26.6. The highest BCUT2D eigenvalue weighted by atomic mass is 32.1. The largest absolute Gasteiger partial charge is 0.379 e. The van der Waals surface area contributed by atoms with Gasteiger partial charge in [0.05, 0.1) is 38.8 Å². The normalized spacial score (nSPS) is 17.9. The summed E-state index contributed by atoms with van der Waals surface area (Å²) in [5, 5.41) is 13.6. The molecule has 4 heterocycles. The Labute approximate surface area is 222 Å². The molecular formula is C24H26F2N7O3PS. The number of carbonyl (C=O) groups excluding carboxylic acids is 1.